The minimum Gasteiger partial charge on any atom is -0.394 e. The van der Waals surface area contributed by atoms with Crippen LogP contribution in [-0.2, 0) is 10.9 Å². The van der Waals surface area contributed by atoms with Crippen molar-refractivity contribution in [3.63, 3.8) is 0 Å². The molecule has 8 nitrogen and oxygen atoms in total. The van der Waals surface area contributed by atoms with Gasteiger partial charge in [0.1, 0.15) is 11.2 Å². The van der Waals surface area contributed by atoms with Crippen LogP contribution >= 0.6 is 0 Å². The van der Waals surface area contributed by atoms with E-state index in [0.717, 1.165) is 0 Å². The molecule has 0 spiro atoms. The maximum absolute atomic E-state index is 13.7. The Balaban J connectivity index is 2.22. The first-order chi connectivity index (χ1) is 14.2. The van der Waals surface area contributed by atoms with Gasteiger partial charge in [0.05, 0.1) is 24.8 Å². The Labute approximate surface area is 168 Å². The molecule has 1 amide bonds. The molecule has 2 heterocycles. The van der Waals surface area contributed by atoms with Crippen molar-refractivity contribution in [3.05, 3.63) is 57.6 Å². The van der Waals surface area contributed by atoms with E-state index in [2.05, 4.69) is 15.4 Å². The van der Waals surface area contributed by atoms with E-state index in [9.17, 15) is 27.9 Å². The third-order valence-corrected chi connectivity index (χ3v) is 4.45. The Hall–Kier alpha value is -3.18. The minimum atomic E-state index is -4.83. The third kappa shape index (κ3) is 3.94. The van der Waals surface area contributed by atoms with E-state index in [1.54, 1.807) is 18.2 Å². The Bertz CT molecular complexity index is 1120. The van der Waals surface area contributed by atoms with Gasteiger partial charge in [-0.1, -0.05) is 30.3 Å². The molecule has 1 unspecified atom stereocenters. The fourth-order valence-electron chi connectivity index (χ4n) is 3.13. The molecule has 0 aliphatic carbocycles. The van der Waals surface area contributed by atoms with Gasteiger partial charge in [0.2, 0.25) is 0 Å². The number of rotatable bonds is 6. The predicted octanol–water partition coefficient (Wildman–Crippen LogP) is 1.75. The summed E-state index contributed by atoms with van der Waals surface area (Å²) >= 11 is 0. The highest BCUT2D eigenvalue weighted by Crippen LogP contribution is 2.38. The van der Waals surface area contributed by atoms with Crippen LogP contribution < -0.4 is 10.9 Å². The lowest BCUT2D eigenvalue weighted by Gasteiger charge is -2.15. The van der Waals surface area contributed by atoms with Gasteiger partial charge >= 0.3 is 6.18 Å². The topological polar surface area (TPSA) is 109 Å². The molecule has 0 saturated heterocycles. The molecule has 0 fully saturated rings. The van der Waals surface area contributed by atoms with Crippen molar-refractivity contribution in [2.75, 3.05) is 20.3 Å². The SMILES string of the molecule is COCC(CO)NC(=O)c1c(C)[nH]c2c(-c3ccccc3)c(C(F)(F)F)nn2c1=O. The van der Waals surface area contributed by atoms with Crippen molar-refractivity contribution in [2.24, 2.45) is 0 Å². The van der Waals surface area contributed by atoms with E-state index < -0.39 is 41.5 Å². The number of benzene rings is 1. The van der Waals surface area contributed by atoms with Gasteiger partial charge in [-0.3, -0.25) is 9.59 Å². The first-order valence-electron chi connectivity index (χ1n) is 8.88. The summed E-state index contributed by atoms with van der Waals surface area (Å²) < 4.78 is 46.4. The number of hydrogen-bond acceptors (Lipinski definition) is 5. The number of aromatic nitrogens is 3. The monoisotopic (exact) mass is 424 g/mol. The van der Waals surface area contributed by atoms with Crippen LogP contribution in [0.5, 0.6) is 0 Å². The standard InChI is InChI=1S/C19H19F3N4O4/c1-10-13(17(28)24-12(8-27)9-30-2)18(29)26-16(23-10)14(11-6-4-3-5-7-11)15(25-26)19(20,21)22/h3-7,12,23,27H,8-9H2,1-2H3,(H,24,28). The van der Waals surface area contributed by atoms with Crippen LogP contribution in [0, 0.1) is 6.92 Å². The number of carbonyl (C=O) groups is 1. The second-order valence-corrected chi connectivity index (χ2v) is 6.59. The molecule has 3 aromatic rings. The Morgan fingerprint density at radius 3 is 2.57 bits per heavy atom. The average molecular weight is 424 g/mol. The number of alkyl halides is 3. The number of aliphatic hydroxyl groups excluding tert-OH is 1. The van der Waals surface area contributed by atoms with Gasteiger partial charge < -0.3 is 20.1 Å². The minimum absolute atomic E-state index is 0.0143. The number of nitrogens with one attached hydrogen (secondary N) is 2. The molecule has 0 saturated carbocycles. The number of nitrogens with zero attached hydrogens (tertiary/aromatic N) is 2. The van der Waals surface area contributed by atoms with E-state index in [1.165, 1.54) is 26.2 Å². The van der Waals surface area contributed by atoms with Crippen molar-refractivity contribution in [1.82, 2.24) is 19.9 Å². The molecular weight excluding hydrogens is 405 g/mol. The highest BCUT2D eigenvalue weighted by molar-refractivity contribution is 5.95. The number of carbonyl (C=O) groups excluding carboxylic acids is 1. The molecule has 0 bridgehead atoms. The van der Waals surface area contributed by atoms with E-state index in [0.29, 0.717) is 4.52 Å². The van der Waals surface area contributed by atoms with Crippen LogP contribution in [0.25, 0.3) is 16.8 Å². The Kier molecular flexibility index (Phi) is 5.94. The summed E-state index contributed by atoms with van der Waals surface area (Å²) in [4.78, 5) is 28.2. The molecule has 0 aliphatic heterocycles. The van der Waals surface area contributed by atoms with Gasteiger partial charge in [-0.25, -0.2) is 0 Å². The third-order valence-electron chi connectivity index (χ3n) is 4.45. The van der Waals surface area contributed by atoms with Crippen molar-refractivity contribution < 1.29 is 27.8 Å². The van der Waals surface area contributed by atoms with Crippen LogP contribution in [0.4, 0.5) is 13.2 Å². The highest BCUT2D eigenvalue weighted by Gasteiger charge is 2.39. The number of H-pyrrole nitrogens is 1. The second kappa shape index (κ2) is 8.28. The van der Waals surface area contributed by atoms with Gasteiger partial charge in [0, 0.05) is 12.8 Å². The quantitative estimate of drug-likeness (QED) is 0.559. The molecule has 3 rings (SSSR count). The summed E-state index contributed by atoms with van der Waals surface area (Å²) in [5.41, 5.74) is -2.86. The fraction of sp³-hybridized carbons (Fsp3) is 0.316. The first kappa shape index (κ1) is 21.5. The van der Waals surface area contributed by atoms with Crippen molar-refractivity contribution in [3.8, 4) is 11.1 Å². The van der Waals surface area contributed by atoms with Crippen LogP contribution in [-0.4, -0.2) is 52.0 Å². The predicted molar refractivity (Wildman–Crippen MR) is 101 cm³/mol. The molecular formula is C19H19F3N4O4. The molecule has 160 valence electrons. The summed E-state index contributed by atoms with van der Waals surface area (Å²) in [6.07, 6.45) is -4.83. The Morgan fingerprint density at radius 2 is 2.00 bits per heavy atom. The zero-order valence-electron chi connectivity index (χ0n) is 16.1. The van der Waals surface area contributed by atoms with Crippen LogP contribution in [0.15, 0.2) is 35.1 Å². The van der Waals surface area contributed by atoms with Crippen LogP contribution in [0.3, 0.4) is 0 Å². The van der Waals surface area contributed by atoms with Crippen molar-refractivity contribution in [1.29, 1.82) is 0 Å². The average Bonchev–Trinajstić information content (AvgIpc) is 3.08. The molecule has 0 aliphatic rings. The van der Waals surface area contributed by atoms with E-state index in [-0.39, 0.29) is 29.1 Å². The van der Waals surface area contributed by atoms with Crippen molar-refractivity contribution >= 4 is 11.6 Å². The number of methoxy groups -OCH3 is 1. The fourth-order valence-corrected chi connectivity index (χ4v) is 3.13. The zero-order chi connectivity index (χ0) is 22.1. The number of hydrogen-bond donors (Lipinski definition) is 3. The van der Waals surface area contributed by atoms with Gasteiger partial charge in [-0.15, -0.1) is 0 Å². The maximum Gasteiger partial charge on any atom is 0.435 e. The maximum atomic E-state index is 13.7. The normalized spacial score (nSPS) is 12.9. The summed E-state index contributed by atoms with van der Waals surface area (Å²) in [5, 5.41) is 15.2. The highest BCUT2D eigenvalue weighted by atomic mass is 19.4. The summed E-state index contributed by atoms with van der Waals surface area (Å²) in [6.45, 7) is 0.937. The van der Waals surface area contributed by atoms with Gasteiger partial charge in [-0.2, -0.15) is 22.8 Å². The van der Waals surface area contributed by atoms with E-state index >= 15 is 0 Å². The summed E-state index contributed by atoms with van der Waals surface area (Å²) in [6, 6.07) is 6.93. The number of aryl methyl sites for hydroxylation is 1. The van der Waals surface area contributed by atoms with Gasteiger partial charge in [0.25, 0.3) is 11.5 Å². The van der Waals surface area contributed by atoms with Gasteiger partial charge in [0.15, 0.2) is 5.69 Å². The largest absolute Gasteiger partial charge is 0.435 e. The second-order valence-electron chi connectivity index (χ2n) is 6.59. The smallest absolute Gasteiger partial charge is 0.394 e. The molecule has 0 radical (unpaired) electrons. The lowest BCUT2D eigenvalue weighted by molar-refractivity contribution is -0.140. The number of aliphatic hydroxyl groups is 1. The number of fused-ring (bicyclic) bond motifs is 1. The molecule has 2 aromatic heterocycles. The Morgan fingerprint density at radius 1 is 1.33 bits per heavy atom. The molecule has 1 aromatic carbocycles. The molecule has 30 heavy (non-hydrogen) atoms. The number of ether oxygens (including phenoxy) is 1. The number of aromatic amines is 1. The zero-order valence-corrected chi connectivity index (χ0v) is 16.1. The summed E-state index contributed by atoms with van der Waals surface area (Å²) in [7, 11) is 1.37. The van der Waals surface area contributed by atoms with Crippen LogP contribution in [0.1, 0.15) is 21.7 Å². The number of amides is 1. The van der Waals surface area contributed by atoms with Crippen LogP contribution in [0.2, 0.25) is 0 Å². The lowest BCUT2D eigenvalue weighted by atomic mass is 10.1. The van der Waals surface area contributed by atoms with Gasteiger partial charge in [-0.05, 0) is 12.5 Å². The molecule has 1 atom stereocenters. The molecule has 3 N–H and O–H groups in total. The summed E-state index contributed by atoms with van der Waals surface area (Å²) in [5.74, 6) is -0.864. The van der Waals surface area contributed by atoms with E-state index in [4.69, 9.17) is 4.74 Å². The first-order valence-corrected chi connectivity index (χ1v) is 8.88. The van der Waals surface area contributed by atoms with E-state index in [1.807, 2.05) is 0 Å². The molecule has 11 heteroatoms. The lowest BCUT2D eigenvalue weighted by Crippen LogP contribution is -2.43. The van der Waals surface area contributed by atoms with Crippen molar-refractivity contribution in [2.45, 2.75) is 19.1 Å². The number of halogens is 3.